The summed E-state index contributed by atoms with van der Waals surface area (Å²) in [5, 5.41) is 2.03. The highest BCUT2D eigenvalue weighted by atomic mass is 32.1. The lowest BCUT2D eigenvalue weighted by atomic mass is 10.0. The van der Waals surface area contributed by atoms with Crippen LogP contribution in [0.4, 0.5) is 0 Å². The zero-order valence-electron chi connectivity index (χ0n) is 20.3. The van der Waals surface area contributed by atoms with Gasteiger partial charge in [-0.15, -0.1) is 0 Å². The fourth-order valence-corrected chi connectivity index (χ4v) is 4.76. The average molecular weight is 469 g/mol. The van der Waals surface area contributed by atoms with E-state index >= 15 is 0 Å². The number of aryl methyl sites for hydroxylation is 1. The molecule has 1 aromatic heterocycles. The molecular formula is C26H46NO4S+. The van der Waals surface area contributed by atoms with Crippen molar-refractivity contribution in [2.24, 2.45) is 0 Å². The number of aromatic nitrogens is 1. The molecule has 0 amide bonds. The molecule has 0 saturated carbocycles. The predicted molar refractivity (Wildman–Crippen MR) is 130 cm³/mol. The molecule has 1 aliphatic heterocycles. The van der Waals surface area contributed by atoms with E-state index in [9.17, 15) is 4.79 Å². The summed E-state index contributed by atoms with van der Waals surface area (Å²) in [6, 6.07) is 0. The van der Waals surface area contributed by atoms with Crippen LogP contribution in [0.5, 0.6) is 0 Å². The van der Waals surface area contributed by atoms with Gasteiger partial charge < -0.3 is 14.2 Å². The Labute approximate surface area is 199 Å². The maximum absolute atomic E-state index is 11.9. The summed E-state index contributed by atoms with van der Waals surface area (Å²) in [6.45, 7) is 3.96. The van der Waals surface area contributed by atoms with Gasteiger partial charge in [-0.1, -0.05) is 95.3 Å². The number of carbonyl (C=O) groups excluding carboxylic acids is 1. The van der Waals surface area contributed by atoms with Crippen LogP contribution >= 0.6 is 11.3 Å². The molecule has 0 aromatic carbocycles. The van der Waals surface area contributed by atoms with Crippen LogP contribution in [0.25, 0.3) is 0 Å². The van der Waals surface area contributed by atoms with Gasteiger partial charge in [-0.05, 0) is 12.8 Å². The van der Waals surface area contributed by atoms with Crippen LogP contribution in [-0.2, 0) is 25.5 Å². The summed E-state index contributed by atoms with van der Waals surface area (Å²) in [5.41, 5.74) is 2.05. The van der Waals surface area contributed by atoms with Crippen molar-refractivity contribution in [2.75, 3.05) is 13.2 Å². The number of nitrogens with zero attached hydrogens (tertiary/aromatic N) is 1. The van der Waals surface area contributed by atoms with Gasteiger partial charge in [0.2, 0.25) is 5.51 Å². The first kappa shape index (κ1) is 27.3. The molecule has 0 bridgehead atoms. The Morgan fingerprint density at radius 1 is 0.969 bits per heavy atom. The van der Waals surface area contributed by atoms with Crippen molar-refractivity contribution < 1.29 is 23.6 Å². The molecule has 2 rings (SSSR count). The van der Waals surface area contributed by atoms with Gasteiger partial charge in [0.1, 0.15) is 19.3 Å². The molecule has 1 saturated heterocycles. The molecule has 5 nitrogen and oxygen atoms in total. The smallest absolute Gasteiger partial charge is 0.306 e. The molecule has 2 heterocycles. The quantitative estimate of drug-likeness (QED) is 0.123. The number of ether oxygens (including phenoxy) is 3. The van der Waals surface area contributed by atoms with E-state index in [2.05, 4.69) is 11.5 Å². The number of esters is 1. The molecule has 32 heavy (non-hydrogen) atoms. The summed E-state index contributed by atoms with van der Waals surface area (Å²) < 4.78 is 19.1. The second-order valence-corrected chi connectivity index (χ2v) is 9.86. The third-order valence-electron chi connectivity index (χ3n) is 6.11. The van der Waals surface area contributed by atoms with E-state index in [0.29, 0.717) is 19.6 Å². The van der Waals surface area contributed by atoms with E-state index < -0.39 is 0 Å². The molecule has 0 aliphatic carbocycles. The summed E-state index contributed by atoms with van der Waals surface area (Å²) in [5.74, 6) is -0.149. The zero-order chi connectivity index (χ0) is 22.7. The summed E-state index contributed by atoms with van der Waals surface area (Å²) in [4.78, 5) is 11.9. The standard InChI is InChI=1S/C26H46NO4S/c1-2-3-4-5-6-7-8-9-10-11-12-13-14-17-26-30-22-24(31-26)21-29-25(28)16-15-18-27-19-20-32-23-27/h19-20,23-24,26H,2-18,21-22H2,1H3/q+1/t24-,26-/m0/s1. The molecule has 1 fully saturated rings. The SMILES string of the molecule is CCCCCCCCCCCCCCC[C@H]1OC[C@H](COC(=O)CCC[n+]2ccsc2)O1. The molecule has 1 aromatic rings. The summed E-state index contributed by atoms with van der Waals surface area (Å²) >= 11 is 1.66. The maximum atomic E-state index is 11.9. The minimum atomic E-state index is -0.149. The van der Waals surface area contributed by atoms with Crippen LogP contribution in [0.15, 0.2) is 17.1 Å². The van der Waals surface area contributed by atoms with Gasteiger partial charge in [-0.2, -0.15) is 4.57 Å². The minimum Gasteiger partial charge on any atom is -0.463 e. The Kier molecular flexibility index (Phi) is 15.7. The number of hydrogen-bond acceptors (Lipinski definition) is 5. The lowest BCUT2D eigenvalue weighted by Gasteiger charge is -2.12. The van der Waals surface area contributed by atoms with Gasteiger partial charge in [-0.3, -0.25) is 4.79 Å². The van der Waals surface area contributed by atoms with E-state index in [1.54, 1.807) is 11.3 Å². The van der Waals surface area contributed by atoms with Crippen LogP contribution in [-0.4, -0.2) is 31.6 Å². The lowest BCUT2D eigenvalue weighted by Crippen LogP contribution is -2.30. The normalized spacial score (nSPS) is 18.3. The Morgan fingerprint density at radius 3 is 2.25 bits per heavy atom. The van der Waals surface area contributed by atoms with Gasteiger partial charge in [0.25, 0.3) is 0 Å². The van der Waals surface area contributed by atoms with Gasteiger partial charge >= 0.3 is 5.97 Å². The fourth-order valence-electron chi connectivity index (χ4n) is 4.13. The van der Waals surface area contributed by atoms with Gasteiger partial charge in [0, 0.05) is 6.42 Å². The van der Waals surface area contributed by atoms with Crippen molar-refractivity contribution in [2.45, 2.75) is 129 Å². The van der Waals surface area contributed by atoms with Crippen molar-refractivity contribution in [1.29, 1.82) is 0 Å². The Hall–Kier alpha value is -0.980. The number of hydrogen-bond donors (Lipinski definition) is 0. The second kappa shape index (κ2) is 18.4. The highest BCUT2D eigenvalue weighted by molar-refractivity contribution is 7.07. The van der Waals surface area contributed by atoms with E-state index in [4.69, 9.17) is 14.2 Å². The largest absolute Gasteiger partial charge is 0.463 e. The molecule has 184 valence electrons. The molecule has 0 radical (unpaired) electrons. The number of unbranched alkanes of at least 4 members (excludes halogenated alkanes) is 12. The fraction of sp³-hybridized carbons (Fsp3) is 0.846. The third kappa shape index (κ3) is 13.5. The monoisotopic (exact) mass is 468 g/mol. The first-order chi connectivity index (χ1) is 15.8. The summed E-state index contributed by atoms with van der Waals surface area (Å²) in [6.07, 6.45) is 21.7. The van der Waals surface area contributed by atoms with E-state index in [1.165, 1.54) is 77.0 Å². The summed E-state index contributed by atoms with van der Waals surface area (Å²) in [7, 11) is 0. The minimum absolute atomic E-state index is 0.114. The molecule has 2 atom stereocenters. The molecule has 0 N–H and O–H groups in total. The topological polar surface area (TPSA) is 48.6 Å². The van der Waals surface area contributed by atoms with Crippen LogP contribution < -0.4 is 4.57 Å². The van der Waals surface area contributed by atoms with Gasteiger partial charge in [-0.25, -0.2) is 0 Å². The Bertz CT molecular complexity index is 566. The van der Waals surface area contributed by atoms with Crippen LogP contribution in [0.2, 0.25) is 0 Å². The maximum Gasteiger partial charge on any atom is 0.306 e. The Morgan fingerprint density at radius 2 is 1.62 bits per heavy atom. The number of thiazole rings is 1. The van der Waals surface area contributed by atoms with Crippen molar-refractivity contribution in [3.8, 4) is 0 Å². The molecule has 0 unspecified atom stereocenters. The number of carbonyl (C=O) groups is 1. The second-order valence-electron chi connectivity index (χ2n) is 9.10. The zero-order valence-corrected chi connectivity index (χ0v) is 21.1. The van der Waals surface area contributed by atoms with Gasteiger partial charge in [0.05, 0.1) is 18.4 Å². The van der Waals surface area contributed by atoms with E-state index in [0.717, 1.165) is 25.8 Å². The first-order valence-corrected chi connectivity index (χ1v) is 14.1. The highest BCUT2D eigenvalue weighted by Gasteiger charge is 2.26. The van der Waals surface area contributed by atoms with E-state index in [-0.39, 0.29) is 18.4 Å². The first-order valence-electron chi connectivity index (χ1n) is 13.1. The van der Waals surface area contributed by atoms with Crippen molar-refractivity contribution in [3.63, 3.8) is 0 Å². The van der Waals surface area contributed by atoms with Crippen molar-refractivity contribution in [1.82, 2.24) is 0 Å². The van der Waals surface area contributed by atoms with Crippen LogP contribution in [0, 0.1) is 0 Å². The third-order valence-corrected chi connectivity index (χ3v) is 6.78. The molecule has 0 spiro atoms. The van der Waals surface area contributed by atoms with E-state index in [1.807, 2.05) is 17.1 Å². The van der Waals surface area contributed by atoms with Crippen LogP contribution in [0.1, 0.15) is 110 Å². The predicted octanol–water partition coefficient (Wildman–Crippen LogP) is 6.58. The van der Waals surface area contributed by atoms with Crippen molar-refractivity contribution in [3.05, 3.63) is 17.1 Å². The van der Waals surface area contributed by atoms with Gasteiger partial charge in [0.15, 0.2) is 12.5 Å². The molecule has 6 heteroatoms. The Balaban J connectivity index is 1.33. The highest BCUT2D eigenvalue weighted by Crippen LogP contribution is 2.19. The number of rotatable bonds is 20. The molecular weight excluding hydrogens is 422 g/mol. The van der Waals surface area contributed by atoms with Crippen molar-refractivity contribution >= 4 is 17.3 Å². The van der Waals surface area contributed by atoms with Crippen LogP contribution in [0.3, 0.4) is 0 Å². The lowest BCUT2D eigenvalue weighted by molar-refractivity contribution is -0.692. The molecule has 1 aliphatic rings. The average Bonchev–Trinajstić information content (AvgIpc) is 3.48.